The van der Waals surface area contributed by atoms with E-state index in [0.29, 0.717) is 19.8 Å². The van der Waals surface area contributed by atoms with Gasteiger partial charge in [0.2, 0.25) is 0 Å². The van der Waals surface area contributed by atoms with E-state index in [2.05, 4.69) is 12.1 Å². The molecule has 2 heterocycles. The van der Waals surface area contributed by atoms with Crippen LogP contribution in [0, 0.1) is 0 Å². The normalized spacial score (nSPS) is 23.9. The minimum absolute atomic E-state index is 0.237. The van der Waals surface area contributed by atoms with Crippen molar-refractivity contribution < 1.29 is 14.2 Å². The van der Waals surface area contributed by atoms with Crippen LogP contribution in [0.25, 0.3) is 0 Å². The maximum atomic E-state index is 5.96. The molecule has 1 aromatic carbocycles. The number of rotatable bonds is 3. The van der Waals surface area contributed by atoms with E-state index >= 15 is 0 Å². The molecule has 0 bridgehead atoms. The van der Waals surface area contributed by atoms with Crippen LogP contribution in [0.3, 0.4) is 0 Å². The highest BCUT2D eigenvalue weighted by Gasteiger charge is 2.26. The first-order valence-corrected chi connectivity index (χ1v) is 7.09. The smallest absolute Gasteiger partial charge is 0.161 e. The second kappa shape index (κ2) is 5.80. The number of fused-ring (bicyclic) bond motifs is 1. The monoisotopic (exact) mass is 263 g/mol. The van der Waals surface area contributed by atoms with E-state index in [0.717, 1.165) is 30.9 Å². The molecule has 4 nitrogen and oxygen atoms in total. The van der Waals surface area contributed by atoms with Crippen LogP contribution in [-0.4, -0.2) is 32.5 Å². The second-order valence-electron chi connectivity index (χ2n) is 5.15. The lowest BCUT2D eigenvalue weighted by atomic mass is 9.89. The second-order valence-corrected chi connectivity index (χ2v) is 5.15. The van der Waals surface area contributed by atoms with Gasteiger partial charge in [-0.15, -0.1) is 0 Å². The molecule has 4 heteroatoms. The van der Waals surface area contributed by atoms with Crippen LogP contribution in [0.5, 0.6) is 11.5 Å². The third-order valence-corrected chi connectivity index (χ3v) is 3.91. The Kier molecular flexibility index (Phi) is 3.89. The fraction of sp³-hybridized carbons (Fsp3) is 0.600. The van der Waals surface area contributed by atoms with Crippen molar-refractivity contribution in [1.29, 1.82) is 0 Å². The molecule has 3 rings (SSSR count). The fourth-order valence-corrected chi connectivity index (χ4v) is 2.88. The zero-order chi connectivity index (χ0) is 13.1. The number of hydrogen-bond acceptors (Lipinski definition) is 4. The van der Waals surface area contributed by atoms with Gasteiger partial charge in [-0.25, -0.2) is 0 Å². The van der Waals surface area contributed by atoms with Crippen molar-refractivity contribution in [2.45, 2.75) is 31.3 Å². The summed E-state index contributed by atoms with van der Waals surface area (Å²) in [6.45, 7) is 2.69. The van der Waals surface area contributed by atoms with E-state index in [9.17, 15) is 0 Å². The first-order chi connectivity index (χ1) is 9.38. The highest BCUT2D eigenvalue weighted by molar-refractivity contribution is 5.45. The highest BCUT2D eigenvalue weighted by atomic mass is 16.6. The first-order valence-electron chi connectivity index (χ1n) is 7.09. The highest BCUT2D eigenvalue weighted by Crippen LogP contribution is 2.35. The molecule has 2 atom stereocenters. The van der Waals surface area contributed by atoms with Crippen LogP contribution in [0.15, 0.2) is 18.2 Å². The Hall–Kier alpha value is -1.26. The van der Waals surface area contributed by atoms with Gasteiger partial charge in [-0.05, 0) is 37.0 Å². The topological polar surface area (TPSA) is 53.7 Å². The number of benzene rings is 1. The molecular formula is C15H21NO3. The molecule has 0 aliphatic carbocycles. The zero-order valence-corrected chi connectivity index (χ0v) is 11.1. The molecule has 2 aliphatic heterocycles. The summed E-state index contributed by atoms with van der Waals surface area (Å²) in [7, 11) is 0. The third-order valence-electron chi connectivity index (χ3n) is 3.91. The van der Waals surface area contributed by atoms with E-state index in [1.54, 1.807) is 0 Å². The van der Waals surface area contributed by atoms with Crippen molar-refractivity contribution in [3.8, 4) is 11.5 Å². The number of ether oxygens (including phenoxy) is 3. The molecule has 0 aromatic heterocycles. The van der Waals surface area contributed by atoms with Crippen molar-refractivity contribution >= 4 is 0 Å². The summed E-state index contributed by atoms with van der Waals surface area (Å²) in [5.74, 6) is 1.91. The van der Waals surface area contributed by atoms with Gasteiger partial charge in [0.15, 0.2) is 11.5 Å². The summed E-state index contributed by atoms with van der Waals surface area (Å²) in [4.78, 5) is 0. The Morgan fingerprint density at radius 3 is 2.68 bits per heavy atom. The van der Waals surface area contributed by atoms with Gasteiger partial charge in [0.25, 0.3) is 0 Å². The van der Waals surface area contributed by atoms with Crippen LogP contribution < -0.4 is 15.2 Å². The average molecular weight is 263 g/mol. The summed E-state index contributed by atoms with van der Waals surface area (Å²) >= 11 is 0. The summed E-state index contributed by atoms with van der Waals surface area (Å²) in [5, 5.41) is 0. The standard InChI is InChI=1S/C15H21NO3/c16-10-12(13-3-1-2-6-17-13)11-4-5-14-15(9-11)19-8-7-18-14/h4-5,9,12-13H,1-3,6-8,10,16H2. The molecule has 0 spiro atoms. The Bertz CT molecular complexity index is 429. The number of hydrogen-bond donors (Lipinski definition) is 1. The molecule has 0 amide bonds. The molecule has 1 fully saturated rings. The molecule has 2 aliphatic rings. The van der Waals surface area contributed by atoms with E-state index in [1.807, 2.05) is 6.07 Å². The van der Waals surface area contributed by atoms with Gasteiger partial charge in [0, 0.05) is 19.1 Å². The minimum Gasteiger partial charge on any atom is -0.486 e. The van der Waals surface area contributed by atoms with E-state index in [4.69, 9.17) is 19.9 Å². The Labute approximate surface area is 113 Å². The lowest BCUT2D eigenvalue weighted by molar-refractivity contribution is 0.000505. The molecule has 0 saturated carbocycles. The van der Waals surface area contributed by atoms with Gasteiger partial charge in [0.05, 0.1) is 6.10 Å². The van der Waals surface area contributed by atoms with Crippen molar-refractivity contribution in [2.75, 3.05) is 26.4 Å². The summed E-state index contributed by atoms with van der Waals surface area (Å²) in [6.07, 6.45) is 3.72. The average Bonchev–Trinajstić information content (AvgIpc) is 2.49. The maximum Gasteiger partial charge on any atom is 0.161 e. The molecule has 104 valence electrons. The Morgan fingerprint density at radius 2 is 1.95 bits per heavy atom. The minimum atomic E-state index is 0.237. The SMILES string of the molecule is NCC(c1ccc2c(c1)OCCO2)C1CCCCO1. The third kappa shape index (κ3) is 2.69. The summed E-state index contributed by atoms with van der Waals surface area (Å²) in [5.41, 5.74) is 7.15. The lowest BCUT2D eigenvalue weighted by Crippen LogP contribution is -2.31. The fourth-order valence-electron chi connectivity index (χ4n) is 2.88. The van der Waals surface area contributed by atoms with E-state index in [-0.39, 0.29) is 12.0 Å². The number of nitrogens with two attached hydrogens (primary N) is 1. The molecular weight excluding hydrogens is 242 g/mol. The predicted molar refractivity (Wildman–Crippen MR) is 72.8 cm³/mol. The van der Waals surface area contributed by atoms with Gasteiger partial charge in [-0.2, -0.15) is 0 Å². The van der Waals surface area contributed by atoms with Crippen LogP contribution in [0.2, 0.25) is 0 Å². The van der Waals surface area contributed by atoms with Gasteiger partial charge in [-0.1, -0.05) is 6.07 Å². The van der Waals surface area contributed by atoms with Crippen molar-refractivity contribution in [3.63, 3.8) is 0 Å². The Morgan fingerprint density at radius 1 is 1.11 bits per heavy atom. The van der Waals surface area contributed by atoms with Crippen molar-refractivity contribution in [2.24, 2.45) is 5.73 Å². The Balaban J connectivity index is 1.82. The molecule has 2 N–H and O–H groups in total. The molecule has 2 unspecified atom stereocenters. The first kappa shape index (κ1) is 12.8. The van der Waals surface area contributed by atoms with Gasteiger partial charge < -0.3 is 19.9 Å². The quantitative estimate of drug-likeness (QED) is 0.907. The predicted octanol–water partition coefficient (Wildman–Crippen LogP) is 2.07. The largest absolute Gasteiger partial charge is 0.486 e. The summed E-state index contributed by atoms with van der Waals surface area (Å²) < 4.78 is 17.1. The van der Waals surface area contributed by atoms with Gasteiger partial charge in [0.1, 0.15) is 13.2 Å². The maximum absolute atomic E-state index is 5.96. The molecule has 1 aromatic rings. The van der Waals surface area contributed by atoms with Gasteiger partial charge in [-0.3, -0.25) is 0 Å². The van der Waals surface area contributed by atoms with Crippen LogP contribution in [0.1, 0.15) is 30.7 Å². The molecule has 0 radical (unpaired) electrons. The van der Waals surface area contributed by atoms with E-state index < -0.39 is 0 Å². The molecule has 19 heavy (non-hydrogen) atoms. The zero-order valence-electron chi connectivity index (χ0n) is 11.1. The van der Waals surface area contributed by atoms with Crippen LogP contribution in [0.4, 0.5) is 0 Å². The molecule has 1 saturated heterocycles. The van der Waals surface area contributed by atoms with Crippen molar-refractivity contribution in [1.82, 2.24) is 0 Å². The lowest BCUT2D eigenvalue weighted by Gasteiger charge is -2.30. The van der Waals surface area contributed by atoms with Crippen LogP contribution in [-0.2, 0) is 4.74 Å². The van der Waals surface area contributed by atoms with Crippen molar-refractivity contribution in [3.05, 3.63) is 23.8 Å². The summed E-state index contributed by atoms with van der Waals surface area (Å²) in [6, 6.07) is 6.13. The van der Waals surface area contributed by atoms with Crippen LogP contribution >= 0.6 is 0 Å². The van der Waals surface area contributed by atoms with Gasteiger partial charge >= 0.3 is 0 Å². The van der Waals surface area contributed by atoms with E-state index in [1.165, 1.54) is 12.0 Å².